The van der Waals surface area contributed by atoms with Crippen LogP contribution in [0.1, 0.15) is 64.4 Å². The first-order valence-electron chi connectivity index (χ1n) is 12.2. The fourth-order valence-electron chi connectivity index (χ4n) is 4.46. The number of piperidine rings is 1. The van der Waals surface area contributed by atoms with Crippen LogP contribution in [-0.2, 0) is 17.8 Å². The van der Waals surface area contributed by atoms with Gasteiger partial charge in [0, 0.05) is 29.7 Å². The topological polar surface area (TPSA) is 75.9 Å². The molecule has 3 heterocycles. The van der Waals surface area contributed by atoms with E-state index in [0.717, 1.165) is 59.7 Å². The summed E-state index contributed by atoms with van der Waals surface area (Å²) in [5.74, 6) is 1.51. The molecule has 0 saturated carbocycles. The molecule has 1 aliphatic heterocycles. The summed E-state index contributed by atoms with van der Waals surface area (Å²) in [4.78, 5) is 19.8. The third-order valence-electron chi connectivity index (χ3n) is 6.25. The molecular formula is C25H34N6OS2. The predicted molar refractivity (Wildman–Crippen MR) is 140 cm³/mol. The van der Waals surface area contributed by atoms with Gasteiger partial charge < -0.3 is 14.8 Å². The van der Waals surface area contributed by atoms with Crippen LogP contribution >= 0.6 is 23.1 Å². The highest BCUT2D eigenvalue weighted by Crippen LogP contribution is 2.27. The lowest BCUT2D eigenvalue weighted by Crippen LogP contribution is -2.48. The molecule has 3 aromatic rings. The molecule has 0 bridgehead atoms. The summed E-state index contributed by atoms with van der Waals surface area (Å²) in [6.07, 6.45) is 6.14. The zero-order valence-corrected chi connectivity index (χ0v) is 21.9. The van der Waals surface area contributed by atoms with Crippen LogP contribution in [0.15, 0.2) is 40.9 Å². The number of benzene rings is 1. The van der Waals surface area contributed by atoms with Gasteiger partial charge in [0.15, 0.2) is 10.3 Å². The molecule has 182 valence electrons. The molecule has 7 nitrogen and oxygen atoms in total. The molecule has 1 fully saturated rings. The lowest BCUT2D eigenvalue weighted by atomic mass is 9.98. The minimum absolute atomic E-state index is 0.201. The number of anilines is 2. The SMILES string of the molecule is CCCCn1c(Cc2csc(Nc3ccccc3)n2)nnc1SCC(=O)N1[C@H](C)CCC[C@@H]1C. The molecule has 0 aliphatic carbocycles. The van der Waals surface area contributed by atoms with Crippen molar-refractivity contribution in [1.82, 2.24) is 24.6 Å². The minimum atomic E-state index is 0.201. The van der Waals surface area contributed by atoms with E-state index in [9.17, 15) is 4.79 Å². The molecule has 34 heavy (non-hydrogen) atoms. The van der Waals surface area contributed by atoms with Gasteiger partial charge in [0.2, 0.25) is 5.91 Å². The second-order valence-electron chi connectivity index (χ2n) is 8.93. The maximum atomic E-state index is 13.0. The lowest BCUT2D eigenvalue weighted by Gasteiger charge is -2.39. The van der Waals surface area contributed by atoms with Crippen molar-refractivity contribution < 1.29 is 4.79 Å². The Kier molecular flexibility index (Phi) is 8.61. The molecule has 0 radical (unpaired) electrons. The summed E-state index contributed by atoms with van der Waals surface area (Å²) in [6.45, 7) is 7.36. The standard InChI is InChI=1S/C25H34N6OS2/c1-4-5-14-30-22(15-21-16-33-24(27-21)26-20-12-7-6-8-13-20)28-29-25(30)34-17-23(32)31-18(2)10-9-11-19(31)3/h6-8,12-13,16,18-19H,4-5,9-11,14-15,17H2,1-3H3,(H,26,27)/t18-,19+. The number of likely N-dealkylation sites (tertiary alicyclic amines) is 1. The van der Waals surface area contributed by atoms with Crippen LogP contribution in [0.25, 0.3) is 0 Å². The van der Waals surface area contributed by atoms with E-state index in [1.165, 1.54) is 18.2 Å². The largest absolute Gasteiger partial charge is 0.337 e. The maximum Gasteiger partial charge on any atom is 0.233 e. The highest BCUT2D eigenvalue weighted by atomic mass is 32.2. The van der Waals surface area contributed by atoms with Gasteiger partial charge in [0.05, 0.1) is 17.9 Å². The number of carbonyl (C=O) groups excluding carboxylic acids is 1. The molecule has 4 rings (SSSR count). The Morgan fingerprint density at radius 3 is 2.68 bits per heavy atom. The van der Waals surface area contributed by atoms with Crippen LogP contribution in [0, 0.1) is 0 Å². The average molecular weight is 499 g/mol. The normalized spacial score (nSPS) is 18.3. The van der Waals surface area contributed by atoms with E-state index in [-0.39, 0.29) is 5.91 Å². The highest BCUT2D eigenvalue weighted by molar-refractivity contribution is 7.99. The van der Waals surface area contributed by atoms with Gasteiger partial charge in [-0.1, -0.05) is 43.3 Å². The van der Waals surface area contributed by atoms with E-state index in [0.29, 0.717) is 24.3 Å². The zero-order chi connectivity index (χ0) is 23.9. The second-order valence-corrected chi connectivity index (χ2v) is 10.7. The second kappa shape index (κ2) is 11.8. The van der Waals surface area contributed by atoms with Gasteiger partial charge in [-0.3, -0.25) is 4.79 Å². The monoisotopic (exact) mass is 498 g/mol. The predicted octanol–water partition coefficient (Wildman–Crippen LogP) is 5.75. The number of thioether (sulfide) groups is 1. The third-order valence-corrected chi connectivity index (χ3v) is 8.01. The zero-order valence-electron chi connectivity index (χ0n) is 20.2. The number of hydrogen-bond acceptors (Lipinski definition) is 7. The first kappa shape index (κ1) is 24.7. The first-order valence-corrected chi connectivity index (χ1v) is 14.0. The van der Waals surface area contributed by atoms with Crippen LogP contribution in [0.4, 0.5) is 10.8 Å². The summed E-state index contributed by atoms with van der Waals surface area (Å²) < 4.78 is 2.17. The van der Waals surface area contributed by atoms with Crippen molar-refractivity contribution in [3.63, 3.8) is 0 Å². The number of thiazole rings is 1. The van der Waals surface area contributed by atoms with Gasteiger partial charge in [-0.2, -0.15) is 0 Å². The Morgan fingerprint density at radius 2 is 1.94 bits per heavy atom. The number of nitrogens with one attached hydrogen (secondary N) is 1. The van der Waals surface area contributed by atoms with Crippen LogP contribution in [0.2, 0.25) is 0 Å². The summed E-state index contributed by atoms with van der Waals surface area (Å²) in [5.41, 5.74) is 1.99. The summed E-state index contributed by atoms with van der Waals surface area (Å²) in [7, 11) is 0. The number of hydrogen-bond donors (Lipinski definition) is 1. The Morgan fingerprint density at radius 1 is 1.18 bits per heavy atom. The average Bonchev–Trinajstić information content (AvgIpc) is 3.43. The number of aromatic nitrogens is 4. The van der Waals surface area contributed by atoms with Crippen LogP contribution in [0.3, 0.4) is 0 Å². The summed E-state index contributed by atoms with van der Waals surface area (Å²) >= 11 is 3.10. The fourth-order valence-corrected chi connectivity index (χ4v) is 6.05. The van der Waals surface area contributed by atoms with Crippen LogP contribution < -0.4 is 5.32 Å². The van der Waals surface area contributed by atoms with Gasteiger partial charge in [-0.15, -0.1) is 21.5 Å². The number of carbonyl (C=O) groups is 1. The summed E-state index contributed by atoms with van der Waals surface area (Å²) in [5, 5.41) is 16.1. The van der Waals surface area contributed by atoms with E-state index >= 15 is 0 Å². The van der Waals surface area contributed by atoms with Crippen LogP contribution in [-0.4, -0.2) is 48.4 Å². The highest BCUT2D eigenvalue weighted by Gasteiger charge is 2.29. The number of para-hydroxylation sites is 1. The van der Waals surface area contributed by atoms with Crippen molar-refractivity contribution in [2.45, 2.75) is 83.1 Å². The molecule has 2 atom stereocenters. The van der Waals surface area contributed by atoms with Gasteiger partial charge in [0.1, 0.15) is 5.82 Å². The Hall–Kier alpha value is -2.39. The smallest absolute Gasteiger partial charge is 0.233 e. The molecule has 1 amide bonds. The molecule has 1 saturated heterocycles. The molecule has 2 aromatic heterocycles. The van der Waals surface area contributed by atoms with Crippen molar-refractivity contribution in [2.24, 2.45) is 0 Å². The molecule has 0 spiro atoms. The number of nitrogens with zero attached hydrogens (tertiary/aromatic N) is 5. The quantitative estimate of drug-likeness (QED) is 0.359. The number of amides is 1. The van der Waals surface area contributed by atoms with Gasteiger partial charge in [-0.25, -0.2) is 4.98 Å². The number of rotatable bonds is 10. The Labute approximate surface area is 210 Å². The molecule has 9 heteroatoms. The maximum absolute atomic E-state index is 13.0. The Bertz CT molecular complexity index is 1060. The van der Waals surface area contributed by atoms with Crippen molar-refractivity contribution in [1.29, 1.82) is 0 Å². The van der Waals surface area contributed by atoms with Gasteiger partial charge in [0.25, 0.3) is 0 Å². The van der Waals surface area contributed by atoms with E-state index in [2.05, 4.69) is 51.1 Å². The van der Waals surface area contributed by atoms with E-state index in [1.54, 1.807) is 11.3 Å². The molecule has 0 unspecified atom stereocenters. The Balaban J connectivity index is 1.42. The molecule has 1 N–H and O–H groups in total. The molecular weight excluding hydrogens is 464 g/mol. The third kappa shape index (κ3) is 6.18. The van der Waals surface area contributed by atoms with Crippen molar-refractivity contribution in [2.75, 3.05) is 11.1 Å². The van der Waals surface area contributed by atoms with Gasteiger partial charge in [-0.05, 0) is 51.7 Å². The van der Waals surface area contributed by atoms with E-state index in [4.69, 9.17) is 4.98 Å². The minimum Gasteiger partial charge on any atom is -0.337 e. The van der Waals surface area contributed by atoms with Crippen LogP contribution in [0.5, 0.6) is 0 Å². The van der Waals surface area contributed by atoms with E-state index < -0.39 is 0 Å². The molecule has 1 aliphatic rings. The van der Waals surface area contributed by atoms with Crippen molar-refractivity contribution in [3.8, 4) is 0 Å². The number of unbranched alkanes of at least 4 members (excludes halogenated alkanes) is 1. The van der Waals surface area contributed by atoms with E-state index in [1.807, 2.05) is 30.3 Å². The fraction of sp³-hybridized carbons (Fsp3) is 0.520. The lowest BCUT2D eigenvalue weighted by molar-refractivity contribution is -0.134. The first-order chi connectivity index (χ1) is 16.5. The van der Waals surface area contributed by atoms with Crippen molar-refractivity contribution >= 4 is 39.8 Å². The van der Waals surface area contributed by atoms with Gasteiger partial charge >= 0.3 is 0 Å². The van der Waals surface area contributed by atoms with Crippen molar-refractivity contribution in [3.05, 3.63) is 47.2 Å². The molecule has 1 aromatic carbocycles. The summed E-state index contributed by atoms with van der Waals surface area (Å²) in [6, 6.07) is 10.7.